The van der Waals surface area contributed by atoms with Gasteiger partial charge < -0.3 is 20.4 Å². The third kappa shape index (κ3) is 4.28. The Bertz CT molecular complexity index is 758. The van der Waals surface area contributed by atoms with E-state index in [1.165, 1.54) is 17.6 Å². The number of likely N-dealkylation sites (tertiary alicyclic amines) is 1. The highest BCUT2D eigenvalue weighted by atomic mass is 35.5. The first-order valence-corrected chi connectivity index (χ1v) is 9.31. The molecule has 3 heterocycles. The predicted octanol–water partition coefficient (Wildman–Crippen LogP) is 3.67. The van der Waals surface area contributed by atoms with Gasteiger partial charge in [0.25, 0.3) is 11.8 Å². The van der Waals surface area contributed by atoms with Crippen molar-refractivity contribution in [2.75, 3.05) is 11.9 Å². The van der Waals surface area contributed by atoms with Crippen LogP contribution in [0.3, 0.4) is 0 Å². The molecule has 0 radical (unpaired) electrons. The standard InChI is InChI=1S/C18H23N3O3S.ClH/c1-11-10-15(20-17(22)14-7-5-9-24-14)25-16(11)18(23)21-8-4-3-6-13(21)12(2)19;/h5,7,9-10,12-13H,3-4,6,8,19H2,1-2H3,(H,20,22);1H. The number of nitrogens with two attached hydrogens (primary N) is 1. The van der Waals surface area contributed by atoms with Crippen LogP contribution in [0, 0.1) is 6.92 Å². The SMILES string of the molecule is Cc1cc(NC(=O)c2ccco2)sc1C(=O)N1CCCCC1C(C)N.Cl. The Balaban J connectivity index is 0.00000243. The molecule has 0 spiro atoms. The summed E-state index contributed by atoms with van der Waals surface area (Å²) in [5.41, 5.74) is 6.94. The molecule has 0 aliphatic carbocycles. The fraction of sp³-hybridized carbons (Fsp3) is 0.444. The van der Waals surface area contributed by atoms with Crippen LogP contribution < -0.4 is 11.1 Å². The summed E-state index contributed by atoms with van der Waals surface area (Å²) in [4.78, 5) is 27.7. The van der Waals surface area contributed by atoms with Gasteiger partial charge in [-0.2, -0.15) is 0 Å². The number of hydrogen-bond acceptors (Lipinski definition) is 5. The number of amides is 2. The van der Waals surface area contributed by atoms with E-state index in [1.807, 2.05) is 24.8 Å². The molecular weight excluding hydrogens is 374 g/mol. The molecule has 1 aliphatic rings. The summed E-state index contributed by atoms with van der Waals surface area (Å²) >= 11 is 1.29. The average Bonchev–Trinajstić information content (AvgIpc) is 3.24. The van der Waals surface area contributed by atoms with Crippen molar-refractivity contribution in [1.82, 2.24) is 4.90 Å². The van der Waals surface area contributed by atoms with Gasteiger partial charge in [-0.1, -0.05) is 0 Å². The van der Waals surface area contributed by atoms with Crippen molar-refractivity contribution in [2.45, 2.75) is 45.2 Å². The van der Waals surface area contributed by atoms with E-state index in [0.717, 1.165) is 31.4 Å². The lowest BCUT2D eigenvalue weighted by Gasteiger charge is -2.38. The maximum atomic E-state index is 13.0. The number of rotatable bonds is 4. The van der Waals surface area contributed by atoms with Gasteiger partial charge in [0.1, 0.15) is 0 Å². The van der Waals surface area contributed by atoms with Crippen molar-refractivity contribution < 1.29 is 14.0 Å². The van der Waals surface area contributed by atoms with Gasteiger partial charge in [-0.25, -0.2) is 0 Å². The normalized spacial score (nSPS) is 18.1. The van der Waals surface area contributed by atoms with E-state index in [1.54, 1.807) is 12.1 Å². The number of anilines is 1. The molecule has 2 amide bonds. The highest BCUT2D eigenvalue weighted by Gasteiger charge is 2.31. The second-order valence-corrected chi connectivity index (χ2v) is 7.53. The Kier molecular flexibility index (Phi) is 6.86. The summed E-state index contributed by atoms with van der Waals surface area (Å²) < 4.78 is 5.09. The second-order valence-electron chi connectivity index (χ2n) is 6.48. The maximum Gasteiger partial charge on any atom is 0.291 e. The maximum absolute atomic E-state index is 13.0. The van der Waals surface area contributed by atoms with Crippen molar-refractivity contribution in [3.63, 3.8) is 0 Å². The fourth-order valence-electron chi connectivity index (χ4n) is 3.22. The number of thiophene rings is 1. The lowest BCUT2D eigenvalue weighted by Crippen LogP contribution is -2.51. The van der Waals surface area contributed by atoms with Crippen LogP contribution in [0.5, 0.6) is 0 Å². The summed E-state index contributed by atoms with van der Waals surface area (Å²) in [5.74, 6) is -0.0772. The predicted molar refractivity (Wildman–Crippen MR) is 105 cm³/mol. The van der Waals surface area contributed by atoms with E-state index in [0.29, 0.717) is 9.88 Å². The number of carbonyl (C=O) groups is 2. The van der Waals surface area contributed by atoms with Gasteiger partial charge in [0.2, 0.25) is 0 Å². The summed E-state index contributed by atoms with van der Waals surface area (Å²) in [5, 5.41) is 3.42. The molecule has 6 nitrogen and oxygen atoms in total. The number of piperidine rings is 1. The van der Waals surface area contributed by atoms with Crippen LogP contribution in [0.25, 0.3) is 0 Å². The van der Waals surface area contributed by atoms with Gasteiger partial charge in [-0.05, 0) is 56.9 Å². The van der Waals surface area contributed by atoms with Crippen LogP contribution in [-0.4, -0.2) is 35.3 Å². The first-order valence-electron chi connectivity index (χ1n) is 8.49. The van der Waals surface area contributed by atoms with Crippen LogP contribution in [-0.2, 0) is 0 Å². The Labute approximate surface area is 163 Å². The van der Waals surface area contributed by atoms with Crippen LogP contribution in [0.4, 0.5) is 5.00 Å². The van der Waals surface area contributed by atoms with E-state index >= 15 is 0 Å². The summed E-state index contributed by atoms with van der Waals surface area (Å²) in [6, 6.07) is 5.10. The molecule has 3 rings (SSSR count). The van der Waals surface area contributed by atoms with E-state index in [4.69, 9.17) is 10.2 Å². The van der Waals surface area contributed by atoms with Crippen molar-refractivity contribution in [3.8, 4) is 0 Å². The minimum absolute atomic E-state index is 0. The molecule has 2 aromatic heterocycles. The molecule has 3 N–H and O–H groups in total. The van der Waals surface area contributed by atoms with Crippen LogP contribution >= 0.6 is 23.7 Å². The van der Waals surface area contributed by atoms with Crippen molar-refractivity contribution in [3.05, 3.63) is 40.7 Å². The average molecular weight is 398 g/mol. The Morgan fingerprint density at radius 3 is 2.85 bits per heavy atom. The highest BCUT2D eigenvalue weighted by molar-refractivity contribution is 7.18. The number of nitrogens with one attached hydrogen (secondary N) is 1. The smallest absolute Gasteiger partial charge is 0.291 e. The summed E-state index contributed by atoms with van der Waals surface area (Å²) in [7, 11) is 0. The Hall–Kier alpha value is -1.83. The monoisotopic (exact) mass is 397 g/mol. The Morgan fingerprint density at radius 2 is 2.19 bits per heavy atom. The first-order chi connectivity index (χ1) is 12.0. The molecule has 1 fully saturated rings. The molecule has 26 heavy (non-hydrogen) atoms. The van der Waals surface area contributed by atoms with Crippen LogP contribution in [0.1, 0.15) is 52.0 Å². The summed E-state index contributed by atoms with van der Waals surface area (Å²) in [6.45, 7) is 4.57. The van der Waals surface area contributed by atoms with Gasteiger partial charge in [0.15, 0.2) is 5.76 Å². The molecule has 2 atom stereocenters. The van der Waals surface area contributed by atoms with E-state index in [2.05, 4.69) is 5.32 Å². The Morgan fingerprint density at radius 1 is 1.42 bits per heavy atom. The molecule has 2 aromatic rings. The van der Waals surface area contributed by atoms with Crippen LogP contribution in [0.15, 0.2) is 28.9 Å². The van der Waals surface area contributed by atoms with E-state index in [9.17, 15) is 9.59 Å². The zero-order valence-electron chi connectivity index (χ0n) is 14.9. The third-order valence-corrected chi connectivity index (χ3v) is 5.65. The van der Waals surface area contributed by atoms with Gasteiger partial charge in [-0.3, -0.25) is 9.59 Å². The number of furan rings is 1. The number of carbonyl (C=O) groups excluding carboxylic acids is 2. The number of hydrogen-bond donors (Lipinski definition) is 2. The molecule has 1 saturated heterocycles. The molecule has 0 saturated carbocycles. The highest BCUT2D eigenvalue weighted by Crippen LogP contribution is 2.30. The van der Waals surface area contributed by atoms with Crippen molar-refractivity contribution >= 4 is 40.6 Å². The minimum atomic E-state index is -0.323. The van der Waals surface area contributed by atoms with Gasteiger partial charge >= 0.3 is 0 Å². The summed E-state index contributed by atoms with van der Waals surface area (Å²) in [6.07, 6.45) is 4.50. The first kappa shape index (κ1) is 20.5. The second kappa shape index (κ2) is 8.70. The van der Waals surface area contributed by atoms with Gasteiger partial charge in [0.05, 0.1) is 16.1 Å². The molecule has 2 unspecified atom stereocenters. The molecular formula is C18H24ClN3O3S. The van der Waals surface area contributed by atoms with Crippen LogP contribution in [0.2, 0.25) is 0 Å². The molecule has 1 aliphatic heterocycles. The molecule has 0 aromatic carbocycles. The zero-order valence-corrected chi connectivity index (χ0v) is 16.5. The molecule has 0 bridgehead atoms. The van der Waals surface area contributed by atoms with E-state index in [-0.39, 0.29) is 42.1 Å². The van der Waals surface area contributed by atoms with Crippen molar-refractivity contribution in [1.29, 1.82) is 0 Å². The van der Waals surface area contributed by atoms with E-state index < -0.39 is 0 Å². The largest absolute Gasteiger partial charge is 0.459 e. The van der Waals surface area contributed by atoms with Gasteiger partial charge in [0, 0.05) is 18.6 Å². The number of halogens is 1. The lowest BCUT2D eigenvalue weighted by molar-refractivity contribution is 0.0588. The third-order valence-electron chi connectivity index (χ3n) is 4.51. The minimum Gasteiger partial charge on any atom is -0.459 e. The topological polar surface area (TPSA) is 88.6 Å². The number of nitrogens with zero attached hydrogens (tertiary/aromatic N) is 1. The quantitative estimate of drug-likeness (QED) is 0.823. The number of aryl methyl sites for hydroxylation is 1. The molecule has 8 heteroatoms. The molecule has 142 valence electrons. The van der Waals surface area contributed by atoms with Gasteiger partial charge in [-0.15, -0.1) is 23.7 Å². The zero-order chi connectivity index (χ0) is 18.0. The lowest BCUT2D eigenvalue weighted by atomic mass is 9.96. The van der Waals surface area contributed by atoms with Crippen molar-refractivity contribution in [2.24, 2.45) is 5.73 Å². The fourth-order valence-corrected chi connectivity index (χ4v) is 4.25.